The van der Waals surface area contributed by atoms with Gasteiger partial charge in [-0.2, -0.15) is 0 Å². The summed E-state index contributed by atoms with van der Waals surface area (Å²) in [5.41, 5.74) is 6.35. The van der Waals surface area contributed by atoms with Gasteiger partial charge in [0.1, 0.15) is 0 Å². The summed E-state index contributed by atoms with van der Waals surface area (Å²) >= 11 is 12.1. The first kappa shape index (κ1) is 15.6. The molecule has 1 saturated heterocycles. The molecule has 0 aromatic heterocycles. The van der Waals surface area contributed by atoms with Crippen LogP contribution in [0.1, 0.15) is 30.7 Å². The number of nitrogens with zero attached hydrogens (tertiary/aromatic N) is 1. The Hall–Kier alpha value is -1.26. The Morgan fingerprint density at radius 2 is 2.05 bits per heavy atom. The van der Waals surface area contributed by atoms with Crippen molar-refractivity contribution in [3.8, 4) is 0 Å². The lowest BCUT2D eigenvalue weighted by molar-refractivity contribution is -0.136. The largest absolute Gasteiger partial charge is 0.369 e. The third-order valence-electron chi connectivity index (χ3n) is 4.61. The highest BCUT2D eigenvalue weighted by Gasteiger charge is 2.47. The number of carbonyl (C=O) groups excluding carboxylic acids is 2. The lowest BCUT2D eigenvalue weighted by atomic mass is 9.97. The van der Waals surface area contributed by atoms with Gasteiger partial charge in [-0.1, -0.05) is 29.3 Å². The molecule has 118 valence electrons. The maximum absolute atomic E-state index is 12.6. The summed E-state index contributed by atoms with van der Waals surface area (Å²) in [4.78, 5) is 25.7. The topological polar surface area (TPSA) is 63.4 Å². The Morgan fingerprint density at radius 3 is 2.73 bits per heavy atom. The zero-order valence-electron chi connectivity index (χ0n) is 12.1. The number of hydrogen-bond donors (Lipinski definition) is 1. The molecule has 0 bridgehead atoms. The summed E-state index contributed by atoms with van der Waals surface area (Å²) in [7, 11) is 0. The van der Waals surface area contributed by atoms with Crippen LogP contribution in [0.2, 0.25) is 10.0 Å². The van der Waals surface area contributed by atoms with E-state index in [4.69, 9.17) is 28.9 Å². The number of likely N-dealkylation sites (tertiary alicyclic amines) is 1. The lowest BCUT2D eigenvalue weighted by Crippen LogP contribution is -2.44. The number of rotatable bonds is 3. The van der Waals surface area contributed by atoms with E-state index in [1.807, 2.05) is 6.07 Å². The van der Waals surface area contributed by atoms with Gasteiger partial charge in [-0.15, -0.1) is 0 Å². The van der Waals surface area contributed by atoms with Crippen molar-refractivity contribution in [1.82, 2.24) is 4.90 Å². The SMILES string of the molecule is NC(=O)[C@H]1CCCN(C(=O)[C@H]2C[C@@H]2c2ccc(Cl)cc2Cl)C1. The van der Waals surface area contributed by atoms with Gasteiger partial charge in [-0.25, -0.2) is 0 Å². The first-order chi connectivity index (χ1) is 10.5. The molecule has 22 heavy (non-hydrogen) atoms. The van der Waals surface area contributed by atoms with Gasteiger partial charge in [0.15, 0.2) is 0 Å². The second kappa shape index (κ2) is 6.09. The number of halogens is 2. The van der Waals surface area contributed by atoms with Gasteiger partial charge >= 0.3 is 0 Å². The molecular weight excluding hydrogens is 323 g/mol. The Morgan fingerprint density at radius 1 is 1.27 bits per heavy atom. The van der Waals surface area contributed by atoms with Gasteiger partial charge in [0.25, 0.3) is 0 Å². The molecule has 1 aromatic carbocycles. The molecule has 0 spiro atoms. The third kappa shape index (κ3) is 3.08. The van der Waals surface area contributed by atoms with Crippen LogP contribution in [0.4, 0.5) is 0 Å². The second-order valence-corrected chi connectivity index (χ2v) is 6.98. The van der Waals surface area contributed by atoms with Gasteiger partial charge in [-0.05, 0) is 42.9 Å². The number of piperidine rings is 1. The predicted molar refractivity (Wildman–Crippen MR) is 85.8 cm³/mol. The molecule has 0 unspecified atom stereocenters. The molecule has 2 amide bonds. The van der Waals surface area contributed by atoms with Crippen LogP contribution < -0.4 is 5.73 Å². The van der Waals surface area contributed by atoms with Crippen molar-refractivity contribution in [2.75, 3.05) is 13.1 Å². The van der Waals surface area contributed by atoms with Gasteiger partial charge in [0, 0.05) is 29.1 Å². The molecule has 0 radical (unpaired) electrons. The molecule has 3 rings (SSSR count). The monoisotopic (exact) mass is 340 g/mol. The lowest BCUT2D eigenvalue weighted by Gasteiger charge is -2.31. The van der Waals surface area contributed by atoms with Crippen molar-refractivity contribution in [3.63, 3.8) is 0 Å². The maximum Gasteiger partial charge on any atom is 0.226 e. The fourth-order valence-corrected chi connectivity index (χ4v) is 3.81. The smallest absolute Gasteiger partial charge is 0.226 e. The van der Waals surface area contributed by atoms with Crippen molar-refractivity contribution in [3.05, 3.63) is 33.8 Å². The van der Waals surface area contributed by atoms with Crippen molar-refractivity contribution < 1.29 is 9.59 Å². The molecular formula is C16H18Cl2N2O2. The number of amides is 2. The van der Waals surface area contributed by atoms with E-state index >= 15 is 0 Å². The number of benzene rings is 1. The molecule has 1 heterocycles. The number of carbonyl (C=O) groups is 2. The molecule has 2 N–H and O–H groups in total. The Balaban J connectivity index is 1.66. The van der Waals surface area contributed by atoms with Crippen LogP contribution in [0.3, 0.4) is 0 Å². The van der Waals surface area contributed by atoms with Gasteiger partial charge in [-0.3, -0.25) is 9.59 Å². The zero-order chi connectivity index (χ0) is 15.9. The summed E-state index contributed by atoms with van der Waals surface area (Å²) in [5.74, 6) is -0.293. The van der Waals surface area contributed by atoms with Crippen molar-refractivity contribution in [1.29, 1.82) is 0 Å². The van der Waals surface area contributed by atoms with Crippen LogP contribution in [0, 0.1) is 11.8 Å². The average molecular weight is 341 g/mol. The number of primary amides is 1. The first-order valence-electron chi connectivity index (χ1n) is 7.50. The summed E-state index contributed by atoms with van der Waals surface area (Å²) in [6, 6.07) is 5.40. The Kier molecular flexibility index (Phi) is 4.33. The van der Waals surface area contributed by atoms with Crippen molar-refractivity contribution in [2.45, 2.75) is 25.2 Å². The normalized spacial score (nSPS) is 27.5. The fraction of sp³-hybridized carbons (Fsp3) is 0.500. The quantitative estimate of drug-likeness (QED) is 0.919. The van der Waals surface area contributed by atoms with E-state index in [1.54, 1.807) is 17.0 Å². The molecule has 1 aromatic rings. The van der Waals surface area contributed by atoms with Gasteiger partial charge in [0.05, 0.1) is 5.92 Å². The van der Waals surface area contributed by atoms with Gasteiger partial charge in [0.2, 0.25) is 11.8 Å². The number of hydrogen-bond acceptors (Lipinski definition) is 2. The van der Waals surface area contributed by atoms with Crippen LogP contribution in [0.15, 0.2) is 18.2 Å². The van der Waals surface area contributed by atoms with E-state index in [0.29, 0.717) is 23.1 Å². The van der Waals surface area contributed by atoms with Crippen LogP contribution in [-0.2, 0) is 9.59 Å². The predicted octanol–water partition coefficient (Wildman–Crippen LogP) is 2.82. The van der Waals surface area contributed by atoms with Crippen molar-refractivity contribution >= 4 is 35.0 Å². The standard InChI is InChI=1S/C16H18Cl2N2O2/c17-10-3-4-11(14(18)6-10)12-7-13(12)16(22)20-5-1-2-9(8-20)15(19)21/h3-4,6,9,12-13H,1-2,5,7-8H2,(H2,19,21)/t9-,12+,13-/m0/s1. The molecule has 1 aliphatic heterocycles. The molecule has 2 aliphatic rings. The molecule has 1 aliphatic carbocycles. The molecule has 3 atom stereocenters. The summed E-state index contributed by atoms with van der Waals surface area (Å²) in [6.07, 6.45) is 2.41. The van der Waals surface area contributed by atoms with Crippen LogP contribution in [-0.4, -0.2) is 29.8 Å². The second-order valence-electron chi connectivity index (χ2n) is 6.14. The van der Waals surface area contributed by atoms with E-state index in [1.165, 1.54) is 0 Å². The molecule has 2 fully saturated rings. The van der Waals surface area contributed by atoms with Crippen LogP contribution >= 0.6 is 23.2 Å². The van der Waals surface area contributed by atoms with Crippen molar-refractivity contribution in [2.24, 2.45) is 17.6 Å². The molecule has 1 saturated carbocycles. The fourth-order valence-electron chi connectivity index (χ4n) is 3.26. The maximum atomic E-state index is 12.6. The Labute approximate surface area is 139 Å². The van der Waals surface area contributed by atoms with E-state index in [9.17, 15) is 9.59 Å². The Bertz CT molecular complexity index is 620. The highest BCUT2D eigenvalue weighted by Crippen LogP contribution is 2.51. The first-order valence-corrected chi connectivity index (χ1v) is 8.26. The molecule has 4 nitrogen and oxygen atoms in total. The highest BCUT2D eigenvalue weighted by atomic mass is 35.5. The third-order valence-corrected chi connectivity index (χ3v) is 5.17. The summed E-state index contributed by atoms with van der Waals surface area (Å²) in [6.45, 7) is 1.16. The average Bonchev–Trinajstić information content (AvgIpc) is 3.27. The van der Waals surface area contributed by atoms with E-state index in [-0.39, 0.29) is 29.6 Å². The van der Waals surface area contributed by atoms with Gasteiger partial charge < -0.3 is 10.6 Å². The van der Waals surface area contributed by atoms with E-state index < -0.39 is 0 Å². The van der Waals surface area contributed by atoms with Crippen LogP contribution in [0.25, 0.3) is 0 Å². The minimum atomic E-state index is -0.314. The van der Waals surface area contributed by atoms with E-state index in [2.05, 4.69) is 0 Å². The zero-order valence-corrected chi connectivity index (χ0v) is 13.6. The minimum absolute atomic E-state index is 0.0368. The van der Waals surface area contributed by atoms with Crippen LogP contribution in [0.5, 0.6) is 0 Å². The summed E-state index contributed by atoms with van der Waals surface area (Å²) < 4.78 is 0. The summed E-state index contributed by atoms with van der Waals surface area (Å²) in [5, 5.41) is 1.21. The molecule has 6 heteroatoms. The minimum Gasteiger partial charge on any atom is -0.369 e. The highest BCUT2D eigenvalue weighted by molar-refractivity contribution is 6.35. The van der Waals surface area contributed by atoms with E-state index in [0.717, 1.165) is 24.8 Å². The number of nitrogens with two attached hydrogens (primary N) is 1.